The van der Waals surface area contributed by atoms with Crippen molar-refractivity contribution in [1.82, 2.24) is 10.3 Å². The normalized spacial score (nSPS) is 12.4. The van der Waals surface area contributed by atoms with Gasteiger partial charge >= 0.3 is 5.97 Å². The van der Waals surface area contributed by atoms with Crippen molar-refractivity contribution >= 4 is 5.97 Å². The summed E-state index contributed by atoms with van der Waals surface area (Å²) in [4.78, 5) is 15.4. The van der Waals surface area contributed by atoms with Crippen LogP contribution >= 0.6 is 0 Å². The Morgan fingerprint density at radius 1 is 1.62 bits per heavy atom. The molecule has 1 heterocycles. The summed E-state index contributed by atoms with van der Waals surface area (Å²) < 4.78 is 10.3. The van der Waals surface area contributed by atoms with Crippen molar-refractivity contribution in [3.05, 3.63) is 17.8 Å². The highest BCUT2D eigenvalue weighted by atomic mass is 16.5. The van der Waals surface area contributed by atoms with Gasteiger partial charge < -0.3 is 9.15 Å². The molecule has 0 aromatic carbocycles. The highest BCUT2D eigenvalue weighted by Gasteiger charge is 2.13. The Hall–Kier alpha value is -1.36. The molecule has 1 rings (SSSR count). The molecule has 5 nitrogen and oxygen atoms in total. The molecule has 0 aliphatic rings. The molecule has 1 unspecified atom stereocenters. The highest BCUT2D eigenvalue weighted by molar-refractivity contribution is 5.75. The van der Waals surface area contributed by atoms with Gasteiger partial charge in [0, 0.05) is 6.42 Å². The van der Waals surface area contributed by atoms with Crippen molar-refractivity contribution in [1.29, 1.82) is 0 Å². The van der Waals surface area contributed by atoms with Crippen LogP contribution in [0.5, 0.6) is 0 Å². The quantitative estimate of drug-likeness (QED) is 0.740. The first-order chi connectivity index (χ1) is 7.67. The van der Waals surface area contributed by atoms with E-state index < -0.39 is 0 Å². The second-order valence-electron chi connectivity index (χ2n) is 3.43. The molecule has 0 spiro atoms. The van der Waals surface area contributed by atoms with Crippen molar-refractivity contribution in [2.24, 2.45) is 0 Å². The second kappa shape index (κ2) is 6.27. The fraction of sp³-hybridized carbons (Fsp3) is 0.636. The standard InChI is InChI=1S/C11H18N2O3/c1-4-9-6-13-10(16-9)7-12-8(3)11(14)15-5-2/h6,8,12H,4-5,7H2,1-3H3. The molecule has 0 amide bonds. The van der Waals surface area contributed by atoms with Gasteiger partial charge in [-0.1, -0.05) is 6.92 Å². The van der Waals surface area contributed by atoms with Crippen LogP contribution in [-0.4, -0.2) is 23.6 Å². The summed E-state index contributed by atoms with van der Waals surface area (Å²) >= 11 is 0. The van der Waals surface area contributed by atoms with E-state index in [2.05, 4.69) is 10.3 Å². The number of carbonyl (C=O) groups excluding carboxylic acids is 1. The van der Waals surface area contributed by atoms with Gasteiger partial charge in [-0.05, 0) is 13.8 Å². The zero-order chi connectivity index (χ0) is 12.0. The first kappa shape index (κ1) is 12.7. The molecule has 0 saturated heterocycles. The summed E-state index contributed by atoms with van der Waals surface area (Å²) in [7, 11) is 0. The maximum Gasteiger partial charge on any atom is 0.322 e. The number of aryl methyl sites for hydroxylation is 1. The molecule has 90 valence electrons. The Morgan fingerprint density at radius 2 is 2.38 bits per heavy atom. The van der Waals surface area contributed by atoms with Gasteiger partial charge in [-0.25, -0.2) is 4.98 Å². The van der Waals surface area contributed by atoms with E-state index in [1.807, 2.05) is 6.92 Å². The number of ether oxygens (including phenoxy) is 1. The number of hydrogen-bond donors (Lipinski definition) is 1. The minimum Gasteiger partial charge on any atom is -0.465 e. The number of nitrogens with zero attached hydrogens (tertiary/aromatic N) is 1. The van der Waals surface area contributed by atoms with E-state index in [1.54, 1.807) is 20.0 Å². The van der Waals surface area contributed by atoms with Crippen LogP contribution in [0.3, 0.4) is 0 Å². The molecule has 1 aromatic rings. The number of hydrogen-bond acceptors (Lipinski definition) is 5. The van der Waals surface area contributed by atoms with Gasteiger partial charge in [0.05, 0.1) is 19.3 Å². The summed E-state index contributed by atoms with van der Waals surface area (Å²) in [6.07, 6.45) is 2.52. The maximum absolute atomic E-state index is 11.3. The van der Waals surface area contributed by atoms with Crippen molar-refractivity contribution in [3.8, 4) is 0 Å². The first-order valence-corrected chi connectivity index (χ1v) is 5.51. The first-order valence-electron chi connectivity index (χ1n) is 5.51. The van der Waals surface area contributed by atoms with Gasteiger partial charge in [0.15, 0.2) is 0 Å². The van der Waals surface area contributed by atoms with E-state index in [1.165, 1.54) is 0 Å². The molecular weight excluding hydrogens is 208 g/mol. The van der Waals surface area contributed by atoms with Crippen molar-refractivity contribution < 1.29 is 13.9 Å². The highest BCUT2D eigenvalue weighted by Crippen LogP contribution is 2.04. The lowest BCUT2D eigenvalue weighted by molar-refractivity contribution is -0.145. The Morgan fingerprint density at radius 3 is 2.94 bits per heavy atom. The van der Waals surface area contributed by atoms with E-state index in [9.17, 15) is 4.79 Å². The topological polar surface area (TPSA) is 64.4 Å². The van der Waals surface area contributed by atoms with Crippen molar-refractivity contribution in [3.63, 3.8) is 0 Å². The number of nitrogens with one attached hydrogen (secondary N) is 1. The predicted octanol–water partition coefficient (Wildman–Crippen LogP) is 1.28. The third kappa shape index (κ3) is 3.66. The minimum absolute atomic E-state index is 0.259. The van der Waals surface area contributed by atoms with E-state index in [-0.39, 0.29) is 12.0 Å². The average Bonchev–Trinajstić information content (AvgIpc) is 2.74. The molecule has 1 aromatic heterocycles. The molecule has 0 aliphatic heterocycles. The zero-order valence-electron chi connectivity index (χ0n) is 9.95. The maximum atomic E-state index is 11.3. The molecule has 16 heavy (non-hydrogen) atoms. The smallest absolute Gasteiger partial charge is 0.322 e. The molecule has 5 heteroatoms. The van der Waals surface area contributed by atoms with Gasteiger partial charge in [-0.2, -0.15) is 0 Å². The lowest BCUT2D eigenvalue weighted by Crippen LogP contribution is -2.34. The van der Waals surface area contributed by atoms with Gasteiger partial charge in [0.2, 0.25) is 5.89 Å². The van der Waals surface area contributed by atoms with Gasteiger partial charge in [-0.15, -0.1) is 0 Å². The second-order valence-corrected chi connectivity index (χ2v) is 3.43. The minimum atomic E-state index is -0.350. The molecular formula is C11H18N2O3. The van der Waals surface area contributed by atoms with E-state index in [4.69, 9.17) is 9.15 Å². The summed E-state index contributed by atoms with van der Waals surface area (Å²) in [5.74, 6) is 1.18. The SMILES string of the molecule is CCOC(=O)C(C)NCc1ncc(CC)o1. The Labute approximate surface area is 95.2 Å². The zero-order valence-corrected chi connectivity index (χ0v) is 9.95. The fourth-order valence-corrected chi connectivity index (χ4v) is 1.18. The van der Waals surface area contributed by atoms with Crippen LogP contribution in [0.1, 0.15) is 32.4 Å². The molecule has 1 N–H and O–H groups in total. The monoisotopic (exact) mass is 226 g/mol. The third-order valence-electron chi connectivity index (χ3n) is 2.15. The van der Waals surface area contributed by atoms with E-state index >= 15 is 0 Å². The lowest BCUT2D eigenvalue weighted by atomic mass is 10.3. The van der Waals surface area contributed by atoms with Gasteiger partial charge in [0.25, 0.3) is 0 Å². The Balaban J connectivity index is 2.36. The average molecular weight is 226 g/mol. The van der Waals surface area contributed by atoms with E-state index in [0.29, 0.717) is 19.0 Å². The Kier molecular flexibility index (Phi) is 4.98. The lowest BCUT2D eigenvalue weighted by Gasteiger charge is -2.10. The third-order valence-corrected chi connectivity index (χ3v) is 2.15. The van der Waals surface area contributed by atoms with Crippen LogP contribution in [0.15, 0.2) is 10.6 Å². The number of rotatable bonds is 6. The summed E-state index contributed by atoms with van der Waals surface area (Å²) in [5, 5.41) is 2.99. The van der Waals surface area contributed by atoms with Crippen LogP contribution in [0.2, 0.25) is 0 Å². The number of esters is 1. The summed E-state index contributed by atoms with van der Waals surface area (Å²) in [5.41, 5.74) is 0. The van der Waals surface area contributed by atoms with Crippen LogP contribution in [-0.2, 0) is 22.5 Å². The predicted molar refractivity (Wildman–Crippen MR) is 58.8 cm³/mol. The number of carbonyl (C=O) groups is 1. The van der Waals surface area contributed by atoms with Gasteiger partial charge in [-0.3, -0.25) is 10.1 Å². The van der Waals surface area contributed by atoms with Gasteiger partial charge in [0.1, 0.15) is 11.8 Å². The van der Waals surface area contributed by atoms with Crippen LogP contribution in [0.25, 0.3) is 0 Å². The largest absolute Gasteiger partial charge is 0.465 e. The molecule has 1 atom stereocenters. The molecule has 0 saturated carbocycles. The fourth-order valence-electron chi connectivity index (χ4n) is 1.18. The van der Waals surface area contributed by atoms with Crippen molar-refractivity contribution in [2.45, 2.75) is 39.8 Å². The summed E-state index contributed by atoms with van der Waals surface area (Å²) in [6, 6.07) is -0.350. The van der Waals surface area contributed by atoms with Crippen LogP contribution < -0.4 is 5.32 Å². The molecule has 0 aliphatic carbocycles. The summed E-state index contributed by atoms with van der Waals surface area (Å²) in [6.45, 7) is 6.36. The van der Waals surface area contributed by atoms with Crippen molar-refractivity contribution in [2.75, 3.05) is 6.61 Å². The van der Waals surface area contributed by atoms with Crippen LogP contribution in [0.4, 0.5) is 0 Å². The van der Waals surface area contributed by atoms with Crippen LogP contribution in [0, 0.1) is 0 Å². The number of oxazole rings is 1. The molecule has 0 bridgehead atoms. The Bertz CT molecular complexity index is 336. The van der Waals surface area contributed by atoms with E-state index in [0.717, 1.165) is 12.2 Å². The number of aromatic nitrogens is 1. The molecule has 0 fully saturated rings. The molecule has 0 radical (unpaired) electrons.